The molecule has 8 heteroatoms. The summed E-state index contributed by atoms with van der Waals surface area (Å²) in [6, 6.07) is 22.9. The number of halogens is 1. The minimum absolute atomic E-state index is 0.177. The van der Waals surface area contributed by atoms with Gasteiger partial charge in [0.15, 0.2) is 4.34 Å². The molecule has 0 aliphatic rings. The average Bonchev–Trinajstić information content (AvgIpc) is 3.21. The van der Waals surface area contributed by atoms with Crippen molar-refractivity contribution in [2.75, 3.05) is 5.75 Å². The van der Waals surface area contributed by atoms with Crippen LogP contribution in [0.25, 0.3) is 10.2 Å². The van der Waals surface area contributed by atoms with Crippen molar-refractivity contribution in [3.63, 3.8) is 0 Å². The minimum atomic E-state index is -0.177. The van der Waals surface area contributed by atoms with Gasteiger partial charge in [0, 0.05) is 5.02 Å². The highest BCUT2D eigenvalue weighted by molar-refractivity contribution is 8.01. The maximum absolute atomic E-state index is 12.0. The SMILES string of the molecule is O=C(CSc1nc2ccccc2s1)N/N=C\c1ccc(OCc2ccc(Cl)cc2)cc1. The van der Waals surface area contributed by atoms with Crippen LogP contribution in [-0.4, -0.2) is 22.9 Å². The number of thioether (sulfide) groups is 1. The number of para-hydroxylation sites is 1. The van der Waals surface area contributed by atoms with E-state index in [4.69, 9.17) is 16.3 Å². The third kappa shape index (κ3) is 6.30. The molecular weight excluding hydrogens is 450 g/mol. The number of amides is 1. The van der Waals surface area contributed by atoms with Gasteiger partial charge in [0.2, 0.25) is 0 Å². The van der Waals surface area contributed by atoms with Crippen LogP contribution >= 0.6 is 34.7 Å². The topological polar surface area (TPSA) is 63.6 Å². The van der Waals surface area contributed by atoms with Crippen molar-refractivity contribution in [1.29, 1.82) is 0 Å². The summed E-state index contributed by atoms with van der Waals surface area (Å²) in [6.45, 7) is 0.465. The number of thiazole rings is 1. The molecule has 0 bridgehead atoms. The van der Waals surface area contributed by atoms with Gasteiger partial charge >= 0.3 is 0 Å². The van der Waals surface area contributed by atoms with E-state index >= 15 is 0 Å². The number of ether oxygens (including phenoxy) is 1. The fourth-order valence-corrected chi connectivity index (χ4v) is 4.64. The molecule has 1 heterocycles. The van der Waals surface area contributed by atoms with Gasteiger partial charge in [-0.1, -0.05) is 47.6 Å². The number of hydrogen-bond acceptors (Lipinski definition) is 6. The zero-order chi connectivity index (χ0) is 21.5. The molecule has 0 aliphatic carbocycles. The van der Waals surface area contributed by atoms with Crippen molar-refractivity contribution in [3.05, 3.63) is 88.9 Å². The lowest BCUT2D eigenvalue weighted by Crippen LogP contribution is -2.19. The van der Waals surface area contributed by atoms with Crippen LogP contribution in [-0.2, 0) is 11.4 Å². The van der Waals surface area contributed by atoms with Crippen LogP contribution in [0.5, 0.6) is 5.75 Å². The number of hydrazone groups is 1. The Morgan fingerprint density at radius 2 is 1.87 bits per heavy atom. The van der Waals surface area contributed by atoms with Crippen molar-refractivity contribution in [2.24, 2.45) is 5.10 Å². The Kier molecular flexibility index (Phi) is 7.19. The molecule has 4 aromatic rings. The Morgan fingerprint density at radius 3 is 2.65 bits per heavy atom. The zero-order valence-electron chi connectivity index (χ0n) is 16.3. The first kappa shape index (κ1) is 21.4. The van der Waals surface area contributed by atoms with E-state index in [1.165, 1.54) is 11.8 Å². The van der Waals surface area contributed by atoms with E-state index in [0.29, 0.717) is 11.6 Å². The van der Waals surface area contributed by atoms with Gasteiger partial charge in [0.05, 0.1) is 22.2 Å². The van der Waals surface area contributed by atoms with Crippen molar-refractivity contribution < 1.29 is 9.53 Å². The molecule has 0 radical (unpaired) electrons. The second-order valence-electron chi connectivity index (χ2n) is 6.51. The molecule has 0 fully saturated rings. The van der Waals surface area contributed by atoms with Crippen molar-refractivity contribution in [1.82, 2.24) is 10.4 Å². The quantitative estimate of drug-likeness (QED) is 0.203. The second kappa shape index (κ2) is 10.4. The van der Waals surface area contributed by atoms with E-state index in [2.05, 4.69) is 15.5 Å². The number of benzene rings is 3. The van der Waals surface area contributed by atoms with Crippen molar-refractivity contribution in [3.8, 4) is 5.75 Å². The van der Waals surface area contributed by atoms with Gasteiger partial charge in [-0.05, 0) is 59.7 Å². The van der Waals surface area contributed by atoms with Crippen LogP contribution in [0.3, 0.4) is 0 Å². The first-order chi connectivity index (χ1) is 15.2. The van der Waals surface area contributed by atoms with E-state index in [1.807, 2.05) is 72.8 Å². The summed E-state index contributed by atoms with van der Waals surface area (Å²) in [6.07, 6.45) is 1.60. The highest BCUT2D eigenvalue weighted by Crippen LogP contribution is 2.29. The van der Waals surface area contributed by atoms with Gasteiger partial charge in [0.25, 0.3) is 5.91 Å². The Bertz CT molecular complexity index is 1160. The van der Waals surface area contributed by atoms with Gasteiger partial charge in [-0.15, -0.1) is 11.3 Å². The van der Waals surface area contributed by atoms with Crippen LogP contribution in [0.1, 0.15) is 11.1 Å². The molecule has 0 aliphatic heterocycles. The van der Waals surface area contributed by atoms with Gasteiger partial charge < -0.3 is 4.74 Å². The zero-order valence-corrected chi connectivity index (χ0v) is 18.7. The Hall–Kier alpha value is -2.87. The number of fused-ring (bicyclic) bond motifs is 1. The highest BCUT2D eigenvalue weighted by atomic mass is 35.5. The molecule has 1 aromatic heterocycles. The Balaban J connectivity index is 1.21. The molecule has 4 rings (SSSR count). The number of carbonyl (C=O) groups is 1. The number of rotatable bonds is 8. The predicted octanol–water partition coefficient (Wildman–Crippen LogP) is 5.77. The maximum atomic E-state index is 12.0. The molecule has 0 atom stereocenters. The second-order valence-corrected chi connectivity index (χ2v) is 9.20. The molecule has 0 unspecified atom stereocenters. The van der Waals surface area contributed by atoms with E-state index in [9.17, 15) is 4.79 Å². The van der Waals surface area contributed by atoms with E-state index < -0.39 is 0 Å². The van der Waals surface area contributed by atoms with Crippen molar-refractivity contribution in [2.45, 2.75) is 10.9 Å². The van der Waals surface area contributed by atoms with Crippen LogP contribution < -0.4 is 10.2 Å². The predicted molar refractivity (Wildman–Crippen MR) is 128 cm³/mol. The van der Waals surface area contributed by atoms with E-state index in [-0.39, 0.29) is 11.7 Å². The number of nitrogens with zero attached hydrogens (tertiary/aromatic N) is 2. The lowest BCUT2D eigenvalue weighted by atomic mass is 10.2. The fraction of sp³-hybridized carbons (Fsp3) is 0.0870. The molecule has 31 heavy (non-hydrogen) atoms. The molecule has 0 spiro atoms. The third-order valence-electron chi connectivity index (χ3n) is 4.20. The summed E-state index contributed by atoms with van der Waals surface area (Å²) >= 11 is 8.87. The molecule has 0 saturated carbocycles. The smallest absolute Gasteiger partial charge is 0.250 e. The van der Waals surface area contributed by atoms with Gasteiger partial charge in [-0.25, -0.2) is 10.4 Å². The van der Waals surface area contributed by atoms with Gasteiger partial charge in [-0.3, -0.25) is 4.79 Å². The average molecular weight is 468 g/mol. The largest absolute Gasteiger partial charge is 0.489 e. The molecule has 1 N–H and O–H groups in total. The fourth-order valence-electron chi connectivity index (χ4n) is 2.65. The minimum Gasteiger partial charge on any atom is -0.489 e. The number of nitrogens with one attached hydrogen (secondary N) is 1. The highest BCUT2D eigenvalue weighted by Gasteiger charge is 2.07. The molecule has 3 aromatic carbocycles. The molecule has 1 amide bonds. The number of aromatic nitrogens is 1. The summed E-state index contributed by atoms with van der Waals surface area (Å²) < 4.78 is 7.75. The summed E-state index contributed by atoms with van der Waals surface area (Å²) in [5.74, 6) is 0.834. The van der Waals surface area contributed by atoms with E-state index in [0.717, 1.165) is 31.4 Å². The summed E-state index contributed by atoms with van der Waals surface area (Å²) in [5.41, 5.74) is 5.40. The Labute approximate surface area is 193 Å². The first-order valence-corrected chi connectivity index (χ1v) is 11.6. The summed E-state index contributed by atoms with van der Waals surface area (Å²) in [5, 5.41) is 4.72. The summed E-state index contributed by atoms with van der Waals surface area (Å²) in [4.78, 5) is 16.5. The van der Waals surface area contributed by atoms with Crippen molar-refractivity contribution >= 4 is 57.0 Å². The molecule has 0 saturated heterocycles. The molecule has 5 nitrogen and oxygen atoms in total. The summed E-state index contributed by atoms with van der Waals surface area (Å²) in [7, 11) is 0. The third-order valence-corrected chi connectivity index (χ3v) is 6.63. The molecule has 156 valence electrons. The maximum Gasteiger partial charge on any atom is 0.250 e. The monoisotopic (exact) mass is 467 g/mol. The van der Waals surface area contributed by atoms with Crippen LogP contribution in [0.4, 0.5) is 0 Å². The van der Waals surface area contributed by atoms with Gasteiger partial charge in [0.1, 0.15) is 12.4 Å². The van der Waals surface area contributed by atoms with Crippen LogP contribution in [0, 0.1) is 0 Å². The van der Waals surface area contributed by atoms with Gasteiger partial charge in [-0.2, -0.15) is 5.10 Å². The Morgan fingerprint density at radius 1 is 1.10 bits per heavy atom. The standard InChI is InChI=1S/C23H18ClN3O2S2/c24-18-9-5-17(6-10-18)14-29-19-11-7-16(8-12-19)13-25-27-22(28)15-30-23-26-20-3-1-2-4-21(20)31-23/h1-13H,14-15H2,(H,27,28)/b25-13-. The lowest BCUT2D eigenvalue weighted by molar-refractivity contribution is -0.118. The number of hydrogen-bond donors (Lipinski definition) is 1. The van der Waals surface area contributed by atoms with Crippen LogP contribution in [0.15, 0.2) is 82.2 Å². The van der Waals surface area contributed by atoms with E-state index in [1.54, 1.807) is 17.6 Å². The molecular formula is C23H18ClN3O2S2. The van der Waals surface area contributed by atoms with Crippen LogP contribution in [0.2, 0.25) is 5.02 Å². The normalized spacial score (nSPS) is 11.1. The first-order valence-electron chi connectivity index (χ1n) is 9.43. The number of carbonyl (C=O) groups excluding carboxylic acids is 1. The lowest BCUT2D eigenvalue weighted by Gasteiger charge is -2.06.